The second-order valence-electron chi connectivity index (χ2n) is 10.4. The lowest BCUT2D eigenvalue weighted by molar-refractivity contribution is -0.156. The Bertz CT molecular complexity index is 958. The summed E-state index contributed by atoms with van der Waals surface area (Å²) in [6, 6.07) is 3.46. The molecule has 1 aromatic heterocycles. The van der Waals surface area contributed by atoms with Gasteiger partial charge in [0.2, 0.25) is 5.91 Å². The molecule has 1 aromatic rings. The molecule has 3 saturated carbocycles. The van der Waals surface area contributed by atoms with E-state index >= 15 is 0 Å². The first-order chi connectivity index (χ1) is 16.2. The molecule has 7 nitrogen and oxygen atoms in total. The first kappa shape index (κ1) is 24.1. The molecule has 34 heavy (non-hydrogen) atoms. The van der Waals surface area contributed by atoms with Gasteiger partial charge in [0.15, 0.2) is 0 Å². The fraction of sp³-hybridized carbons (Fsp3) is 0.708. The number of hydrogen-bond donors (Lipinski definition) is 2. The van der Waals surface area contributed by atoms with Crippen molar-refractivity contribution >= 4 is 33.5 Å². The van der Waals surface area contributed by atoms with Crippen LogP contribution in [0.15, 0.2) is 22.9 Å². The second-order valence-corrected chi connectivity index (χ2v) is 11.2. The number of hydrogen-bond acceptors (Lipinski definition) is 5. The van der Waals surface area contributed by atoms with Crippen LogP contribution in [0.5, 0.6) is 0 Å². The molecule has 3 aliphatic carbocycles. The Morgan fingerprint density at radius 1 is 1.24 bits per heavy atom. The van der Waals surface area contributed by atoms with Crippen molar-refractivity contribution in [2.24, 2.45) is 28.6 Å². The van der Waals surface area contributed by atoms with E-state index in [4.69, 9.17) is 4.74 Å². The Kier molecular flexibility index (Phi) is 6.21. The van der Waals surface area contributed by atoms with E-state index in [2.05, 4.69) is 26.2 Å². The summed E-state index contributed by atoms with van der Waals surface area (Å²) < 4.78 is 33.3. The number of carbonyl (C=O) groups is 2. The molecule has 2 bridgehead atoms. The smallest absolute Gasteiger partial charge is 0.307 e. The van der Waals surface area contributed by atoms with Crippen LogP contribution in [0.3, 0.4) is 0 Å². The largest absolute Gasteiger partial charge is 0.481 e. The van der Waals surface area contributed by atoms with E-state index in [1.54, 1.807) is 23.2 Å². The van der Waals surface area contributed by atoms with Crippen LogP contribution in [0, 0.1) is 28.6 Å². The third-order valence-electron chi connectivity index (χ3n) is 8.74. The summed E-state index contributed by atoms with van der Waals surface area (Å²) in [6.45, 7) is 0.993. The molecule has 0 unspecified atom stereocenters. The minimum atomic E-state index is -2.64. The summed E-state index contributed by atoms with van der Waals surface area (Å²) in [6.07, 6.45) is 5.37. The Balaban J connectivity index is 1.31. The van der Waals surface area contributed by atoms with E-state index in [1.807, 2.05) is 0 Å². The van der Waals surface area contributed by atoms with Crippen LogP contribution < -0.4 is 5.32 Å². The summed E-state index contributed by atoms with van der Waals surface area (Å²) >= 11 is 3.28. The number of ether oxygens (including phenoxy) is 1. The first-order valence-electron chi connectivity index (χ1n) is 12.0. The molecule has 1 amide bonds. The number of alkyl halides is 2. The Labute approximate surface area is 205 Å². The van der Waals surface area contributed by atoms with E-state index in [-0.39, 0.29) is 49.3 Å². The summed E-state index contributed by atoms with van der Waals surface area (Å²) in [5.41, 5.74) is -0.571. The fourth-order valence-corrected chi connectivity index (χ4v) is 7.49. The normalized spacial score (nSPS) is 32.9. The molecule has 0 radical (unpaired) electrons. The molecule has 2 N–H and O–H groups in total. The summed E-state index contributed by atoms with van der Waals surface area (Å²) in [5, 5.41) is 13.2. The minimum Gasteiger partial charge on any atom is -0.481 e. The molecule has 186 valence electrons. The van der Waals surface area contributed by atoms with Gasteiger partial charge in [-0.25, -0.2) is 13.8 Å². The monoisotopic (exact) mass is 541 g/mol. The van der Waals surface area contributed by atoms with Gasteiger partial charge in [-0.05, 0) is 77.4 Å². The lowest BCUT2D eigenvalue weighted by Gasteiger charge is -2.40. The third-order valence-corrected chi connectivity index (χ3v) is 9.21. The van der Waals surface area contributed by atoms with Crippen LogP contribution >= 0.6 is 15.9 Å². The van der Waals surface area contributed by atoms with Gasteiger partial charge in [-0.3, -0.25) is 14.5 Å². The van der Waals surface area contributed by atoms with E-state index in [9.17, 15) is 23.5 Å². The van der Waals surface area contributed by atoms with Crippen LogP contribution in [0.4, 0.5) is 14.5 Å². The van der Waals surface area contributed by atoms with Crippen molar-refractivity contribution in [3.05, 3.63) is 22.9 Å². The van der Waals surface area contributed by atoms with Crippen LogP contribution in [0.2, 0.25) is 0 Å². The predicted octanol–water partition coefficient (Wildman–Crippen LogP) is 4.04. The summed E-state index contributed by atoms with van der Waals surface area (Å²) in [4.78, 5) is 32.2. The van der Waals surface area contributed by atoms with Crippen LogP contribution in [-0.4, -0.2) is 65.6 Å². The number of carbonyl (C=O) groups excluding carboxylic acids is 1. The number of carboxylic acid groups (broad SMARTS) is 1. The summed E-state index contributed by atoms with van der Waals surface area (Å²) in [7, 11) is 0. The number of nitrogens with zero attached hydrogens (tertiary/aromatic N) is 2. The number of aliphatic carboxylic acids is 1. The maximum atomic E-state index is 13.8. The standard InChI is InChI=1S/C24H30BrF2N3O4/c25-18-4-1-15(13-28-18)29-21(33)24(8-11-34-12-10-30-9-7-23(26,27)14-30)17-3-2-16(19(24)20(31)32)22(17)5-6-22/h1,4,13,16-17,19H,2-3,5-12,14H2,(H,29,33)(H,31,32)/t16-,17+,19+,24-/m1/s1. The Morgan fingerprint density at radius 2 is 2.03 bits per heavy atom. The highest BCUT2D eigenvalue weighted by atomic mass is 79.9. The van der Waals surface area contributed by atoms with Gasteiger partial charge < -0.3 is 15.2 Å². The lowest BCUT2D eigenvalue weighted by atomic mass is 9.63. The van der Waals surface area contributed by atoms with Crippen molar-refractivity contribution in [3.8, 4) is 0 Å². The van der Waals surface area contributed by atoms with Crippen LogP contribution in [0.25, 0.3) is 0 Å². The Hall–Kier alpha value is -1.65. The zero-order valence-electron chi connectivity index (χ0n) is 18.9. The first-order valence-corrected chi connectivity index (χ1v) is 12.8. The van der Waals surface area contributed by atoms with Crippen LogP contribution in [-0.2, 0) is 14.3 Å². The van der Waals surface area contributed by atoms with Crippen molar-refractivity contribution in [1.82, 2.24) is 9.88 Å². The average molecular weight is 542 g/mol. The number of pyridine rings is 1. The molecule has 1 aliphatic heterocycles. The van der Waals surface area contributed by atoms with E-state index in [0.717, 1.165) is 25.7 Å². The van der Waals surface area contributed by atoms with Crippen molar-refractivity contribution in [1.29, 1.82) is 0 Å². The highest BCUT2D eigenvalue weighted by molar-refractivity contribution is 9.10. The lowest BCUT2D eigenvalue weighted by Crippen LogP contribution is -2.50. The number of amides is 1. The van der Waals surface area contributed by atoms with Gasteiger partial charge in [0.25, 0.3) is 5.92 Å². The van der Waals surface area contributed by atoms with Gasteiger partial charge in [-0.1, -0.05) is 0 Å². The van der Waals surface area contributed by atoms with Gasteiger partial charge in [0.1, 0.15) is 4.60 Å². The van der Waals surface area contributed by atoms with Gasteiger partial charge in [0, 0.05) is 26.1 Å². The molecule has 5 rings (SSSR count). The maximum Gasteiger partial charge on any atom is 0.307 e. The van der Waals surface area contributed by atoms with Gasteiger partial charge >= 0.3 is 5.97 Å². The fourth-order valence-electron chi connectivity index (χ4n) is 7.25. The number of rotatable bonds is 9. The molecule has 2 heterocycles. The highest BCUT2D eigenvalue weighted by Gasteiger charge is 2.77. The Morgan fingerprint density at radius 3 is 2.65 bits per heavy atom. The molecule has 4 aliphatic rings. The number of carboxylic acids is 1. The van der Waals surface area contributed by atoms with Gasteiger partial charge in [-0.2, -0.15) is 0 Å². The van der Waals surface area contributed by atoms with Crippen LogP contribution in [0.1, 0.15) is 38.5 Å². The zero-order chi connectivity index (χ0) is 24.1. The quantitative estimate of drug-likeness (QED) is 0.362. The summed E-state index contributed by atoms with van der Waals surface area (Å²) in [5.74, 6) is -4.56. The molecule has 1 spiro atoms. The predicted molar refractivity (Wildman–Crippen MR) is 123 cm³/mol. The molecule has 1 saturated heterocycles. The number of anilines is 1. The van der Waals surface area contributed by atoms with Crippen molar-refractivity contribution in [2.75, 3.05) is 38.2 Å². The number of nitrogens with one attached hydrogen (secondary N) is 1. The molecule has 10 heteroatoms. The topological polar surface area (TPSA) is 91.8 Å². The maximum absolute atomic E-state index is 13.8. The van der Waals surface area contributed by atoms with Crippen molar-refractivity contribution in [2.45, 2.75) is 44.4 Å². The van der Waals surface area contributed by atoms with Crippen molar-refractivity contribution in [3.63, 3.8) is 0 Å². The number of halogens is 3. The average Bonchev–Trinajstić information content (AvgIpc) is 3.32. The van der Waals surface area contributed by atoms with Gasteiger partial charge in [-0.15, -0.1) is 0 Å². The number of likely N-dealkylation sites (tertiary alicyclic amines) is 1. The SMILES string of the molecule is O=C(O)[C@@H]1[C@H]2CC[C@@H](C23CC3)[C@@]1(CCOCCN1CCC(F)(F)C1)C(=O)Nc1ccc(Br)nc1. The van der Waals surface area contributed by atoms with Gasteiger partial charge in [0.05, 0.1) is 36.4 Å². The van der Waals surface area contributed by atoms with Crippen molar-refractivity contribution < 1.29 is 28.2 Å². The molecule has 0 aromatic carbocycles. The highest BCUT2D eigenvalue weighted by Crippen LogP contribution is 2.79. The number of aromatic nitrogens is 1. The zero-order valence-corrected chi connectivity index (χ0v) is 20.5. The van der Waals surface area contributed by atoms with E-state index < -0.39 is 23.2 Å². The molecular formula is C24H30BrF2N3O4. The van der Waals surface area contributed by atoms with E-state index in [1.165, 1.54) is 0 Å². The third kappa shape index (κ3) is 4.05. The second kappa shape index (κ2) is 8.78. The minimum absolute atomic E-state index is 0.00961. The molecular weight excluding hydrogens is 512 g/mol. The van der Waals surface area contributed by atoms with E-state index in [0.29, 0.717) is 29.8 Å². The molecule has 4 fully saturated rings. The molecule has 4 atom stereocenters.